The molecule has 152 valence electrons. The lowest BCUT2D eigenvalue weighted by Crippen LogP contribution is -2.37. The van der Waals surface area contributed by atoms with Crippen LogP contribution in [0.5, 0.6) is 0 Å². The second-order valence-corrected chi connectivity index (χ2v) is 7.48. The molecule has 0 bridgehead atoms. The Kier molecular flexibility index (Phi) is 11.4. The zero-order chi connectivity index (χ0) is 18.8. The number of nitrogens with zero attached hydrogens (tertiary/aromatic N) is 2. The van der Waals surface area contributed by atoms with E-state index in [2.05, 4.69) is 53.7 Å². The Morgan fingerprint density at radius 1 is 1.15 bits per heavy atom. The Morgan fingerprint density at radius 2 is 1.85 bits per heavy atom. The average Bonchev–Trinajstić information content (AvgIpc) is 3.03. The molecule has 1 heterocycles. The maximum Gasteiger partial charge on any atom is 0.222 e. The molecule has 5 nitrogen and oxygen atoms in total. The molecule has 1 aromatic carbocycles. The predicted molar refractivity (Wildman–Crippen MR) is 123 cm³/mol. The van der Waals surface area contributed by atoms with Crippen molar-refractivity contribution >= 4 is 35.8 Å². The number of carbonyl (C=O) groups excluding carboxylic acids is 1. The van der Waals surface area contributed by atoms with Gasteiger partial charge in [0.15, 0.2) is 5.96 Å². The topological polar surface area (TPSA) is 56.7 Å². The van der Waals surface area contributed by atoms with Crippen molar-refractivity contribution in [3.63, 3.8) is 0 Å². The first kappa shape index (κ1) is 23.7. The lowest BCUT2D eigenvalue weighted by atomic mass is 10.1. The molecular weight excluding hydrogens is 451 g/mol. The molecule has 1 amide bonds. The van der Waals surface area contributed by atoms with Gasteiger partial charge in [-0.15, -0.1) is 24.0 Å². The maximum absolute atomic E-state index is 11.7. The van der Waals surface area contributed by atoms with Gasteiger partial charge >= 0.3 is 0 Å². The number of rotatable bonds is 9. The summed E-state index contributed by atoms with van der Waals surface area (Å²) in [6, 6.07) is 8.48. The summed E-state index contributed by atoms with van der Waals surface area (Å²) < 4.78 is 0. The van der Waals surface area contributed by atoms with Gasteiger partial charge in [0.05, 0.1) is 0 Å². The van der Waals surface area contributed by atoms with Crippen molar-refractivity contribution in [1.82, 2.24) is 15.5 Å². The second kappa shape index (κ2) is 13.0. The molecule has 0 radical (unpaired) electrons. The van der Waals surface area contributed by atoms with Gasteiger partial charge in [-0.05, 0) is 29.9 Å². The van der Waals surface area contributed by atoms with Crippen LogP contribution in [0.1, 0.15) is 57.1 Å². The second-order valence-electron chi connectivity index (χ2n) is 7.48. The van der Waals surface area contributed by atoms with Crippen molar-refractivity contribution in [1.29, 1.82) is 0 Å². The Bertz CT molecular complexity index is 586. The van der Waals surface area contributed by atoms with Gasteiger partial charge in [0.1, 0.15) is 0 Å². The van der Waals surface area contributed by atoms with Crippen LogP contribution in [0.25, 0.3) is 0 Å². The number of benzene rings is 1. The van der Waals surface area contributed by atoms with Gasteiger partial charge in [-0.1, -0.05) is 51.0 Å². The van der Waals surface area contributed by atoms with Crippen LogP contribution in [-0.4, -0.2) is 36.9 Å². The van der Waals surface area contributed by atoms with Crippen LogP contribution in [0.3, 0.4) is 0 Å². The number of carbonyl (C=O) groups is 1. The van der Waals surface area contributed by atoms with Gasteiger partial charge in [-0.2, -0.15) is 0 Å². The van der Waals surface area contributed by atoms with E-state index in [-0.39, 0.29) is 29.9 Å². The summed E-state index contributed by atoms with van der Waals surface area (Å²) in [6.07, 6.45) is 5.39. The lowest BCUT2D eigenvalue weighted by Gasteiger charge is -2.16. The summed E-state index contributed by atoms with van der Waals surface area (Å²) in [4.78, 5) is 17.9. The molecule has 0 aromatic heterocycles. The molecule has 1 aromatic rings. The minimum absolute atomic E-state index is 0. The number of likely N-dealkylation sites (tertiary alicyclic amines) is 1. The number of guanidine groups is 1. The number of hydrogen-bond donors (Lipinski definition) is 2. The highest BCUT2D eigenvalue weighted by atomic mass is 127. The van der Waals surface area contributed by atoms with E-state index in [4.69, 9.17) is 0 Å². The zero-order valence-electron chi connectivity index (χ0n) is 17.0. The van der Waals surface area contributed by atoms with Crippen LogP contribution in [0.2, 0.25) is 0 Å². The average molecular weight is 486 g/mol. The number of unbranched alkanes of at least 4 members (excludes halogenated alkanes) is 1. The Hall–Kier alpha value is -1.31. The normalized spacial score (nSPS) is 14.4. The smallest absolute Gasteiger partial charge is 0.222 e. The highest BCUT2D eigenvalue weighted by Crippen LogP contribution is 2.14. The summed E-state index contributed by atoms with van der Waals surface area (Å²) in [7, 11) is 1.81. The Morgan fingerprint density at radius 3 is 2.44 bits per heavy atom. The fourth-order valence-corrected chi connectivity index (χ4v) is 3.14. The van der Waals surface area contributed by atoms with Gasteiger partial charge in [-0.25, -0.2) is 0 Å². The van der Waals surface area contributed by atoms with Crippen LogP contribution in [0.4, 0.5) is 0 Å². The van der Waals surface area contributed by atoms with Crippen LogP contribution in [0, 0.1) is 5.92 Å². The number of nitrogens with one attached hydrogen (secondary N) is 2. The summed E-state index contributed by atoms with van der Waals surface area (Å²) in [5.41, 5.74) is 2.40. The molecule has 27 heavy (non-hydrogen) atoms. The molecule has 1 saturated heterocycles. The quantitative estimate of drug-likeness (QED) is 0.241. The fourth-order valence-electron chi connectivity index (χ4n) is 3.14. The van der Waals surface area contributed by atoms with Gasteiger partial charge in [0.25, 0.3) is 0 Å². The Labute approximate surface area is 181 Å². The summed E-state index contributed by atoms with van der Waals surface area (Å²) in [5.74, 6) is 1.90. The first-order chi connectivity index (χ1) is 12.6. The minimum Gasteiger partial charge on any atom is -0.356 e. The minimum atomic E-state index is 0. The van der Waals surface area contributed by atoms with Gasteiger partial charge < -0.3 is 15.5 Å². The third kappa shape index (κ3) is 8.95. The van der Waals surface area contributed by atoms with E-state index in [1.165, 1.54) is 30.4 Å². The van der Waals surface area contributed by atoms with Crippen molar-refractivity contribution in [2.75, 3.05) is 20.1 Å². The van der Waals surface area contributed by atoms with E-state index in [1.807, 2.05) is 4.90 Å². The van der Waals surface area contributed by atoms with Gasteiger partial charge in [0, 0.05) is 39.6 Å². The molecular formula is C21H35IN4O. The largest absolute Gasteiger partial charge is 0.356 e. The molecule has 0 spiro atoms. The molecule has 2 N–H and O–H groups in total. The SMILES string of the molecule is CN=C(NCCCCC(C)C)NCc1ccc(CN2CCCC2=O)cc1.I. The summed E-state index contributed by atoms with van der Waals surface area (Å²) in [5, 5.41) is 6.73. The molecule has 1 aliphatic rings. The van der Waals surface area contributed by atoms with Crippen molar-refractivity contribution in [2.24, 2.45) is 10.9 Å². The van der Waals surface area contributed by atoms with E-state index in [9.17, 15) is 4.79 Å². The van der Waals surface area contributed by atoms with Crippen molar-refractivity contribution < 1.29 is 4.79 Å². The molecule has 0 atom stereocenters. The van der Waals surface area contributed by atoms with E-state index < -0.39 is 0 Å². The van der Waals surface area contributed by atoms with Crippen LogP contribution in [-0.2, 0) is 17.9 Å². The molecule has 2 rings (SSSR count). The number of halogens is 1. The highest BCUT2D eigenvalue weighted by Gasteiger charge is 2.19. The van der Waals surface area contributed by atoms with Crippen LogP contribution >= 0.6 is 24.0 Å². The summed E-state index contributed by atoms with van der Waals surface area (Å²) in [6.45, 7) is 7.85. The number of aliphatic imine (C=N–C) groups is 1. The maximum atomic E-state index is 11.7. The molecule has 0 unspecified atom stereocenters. The molecule has 6 heteroatoms. The predicted octanol–water partition coefficient (Wildman–Crippen LogP) is 3.92. The number of hydrogen-bond acceptors (Lipinski definition) is 2. The van der Waals surface area contributed by atoms with E-state index in [0.717, 1.165) is 44.5 Å². The van der Waals surface area contributed by atoms with Crippen molar-refractivity contribution in [3.8, 4) is 0 Å². The van der Waals surface area contributed by atoms with E-state index in [0.29, 0.717) is 6.42 Å². The van der Waals surface area contributed by atoms with Crippen LogP contribution < -0.4 is 10.6 Å². The van der Waals surface area contributed by atoms with Crippen LogP contribution in [0.15, 0.2) is 29.3 Å². The fraction of sp³-hybridized carbons (Fsp3) is 0.619. The Balaban J connectivity index is 0.00000364. The van der Waals surface area contributed by atoms with Crippen molar-refractivity contribution in [3.05, 3.63) is 35.4 Å². The zero-order valence-corrected chi connectivity index (χ0v) is 19.3. The van der Waals surface area contributed by atoms with E-state index >= 15 is 0 Å². The van der Waals surface area contributed by atoms with Gasteiger partial charge in [0.2, 0.25) is 5.91 Å². The lowest BCUT2D eigenvalue weighted by molar-refractivity contribution is -0.128. The third-order valence-corrected chi connectivity index (χ3v) is 4.75. The van der Waals surface area contributed by atoms with Gasteiger partial charge in [-0.3, -0.25) is 9.79 Å². The van der Waals surface area contributed by atoms with E-state index in [1.54, 1.807) is 7.05 Å². The molecule has 0 aliphatic carbocycles. The highest BCUT2D eigenvalue weighted by molar-refractivity contribution is 14.0. The standard InChI is InChI=1S/C21H34N4O.HI/c1-17(2)7-4-5-13-23-21(22-3)24-15-18-9-11-19(12-10-18)16-25-14-6-8-20(25)26;/h9-12,17H,4-8,13-16H2,1-3H3,(H2,22,23,24);1H. The monoisotopic (exact) mass is 486 g/mol. The van der Waals surface area contributed by atoms with Crippen molar-refractivity contribution in [2.45, 2.75) is 59.0 Å². The first-order valence-corrected chi connectivity index (χ1v) is 9.88. The third-order valence-electron chi connectivity index (χ3n) is 4.75. The molecule has 1 fully saturated rings. The summed E-state index contributed by atoms with van der Waals surface area (Å²) >= 11 is 0. The molecule has 0 saturated carbocycles. The molecule has 1 aliphatic heterocycles. The first-order valence-electron chi connectivity index (χ1n) is 9.88. The number of amides is 1.